The number of aryl methyl sites for hydroxylation is 1. The van der Waals surface area contributed by atoms with Crippen molar-refractivity contribution in [3.8, 4) is 17.1 Å². The fraction of sp³-hybridized carbons (Fsp3) is 0.529. The summed E-state index contributed by atoms with van der Waals surface area (Å²) in [4.78, 5) is 40.3. The highest BCUT2D eigenvalue weighted by molar-refractivity contribution is 5.92. The molecule has 4 aromatic heterocycles. The first-order chi connectivity index (χ1) is 22.9. The van der Waals surface area contributed by atoms with E-state index in [1.807, 2.05) is 38.5 Å². The zero-order valence-electron chi connectivity index (χ0n) is 28.7. The van der Waals surface area contributed by atoms with Crippen molar-refractivity contribution in [2.45, 2.75) is 84.7 Å². The monoisotopic (exact) mass is 661 g/mol. The molecule has 48 heavy (non-hydrogen) atoms. The fourth-order valence-electron chi connectivity index (χ4n) is 6.37. The lowest BCUT2D eigenvalue weighted by atomic mass is 10.0. The highest BCUT2D eigenvalue weighted by Gasteiger charge is 2.33. The summed E-state index contributed by atoms with van der Waals surface area (Å²) in [6.07, 6.45) is 7.59. The van der Waals surface area contributed by atoms with Crippen LogP contribution in [0.2, 0.25) is 0 Å². The fourth-order valence-corrected chi connectivity index (χ4v) is 6.37. The molecule has 4 aromatic rings. The Labute approximate surface area is 279 Å². The van der Waals surface area contributed by atoms with Crippen LogP contribution in [0.25, 0.3) is 22.4 Å². The number of nitrogens with one attached hydrogen (secondary N) is 1. The highest BCUT2D eigenvalue weighted by Crippen LogP contribution is 2.37. The van der Waals surface area contributed by atoms with E-state index in [9.17, 15) is 9.18 Å². The first kappa shape index (κ1) is 33.5. The van der Waals surface area contributed by atoms with Crippen molar-refractivity contribution in [2.24, 2.45) is 0 Å². The Hall–Kier alpha value is -4.43. The number of amides is 1. The second-order valence-electron chi connectivity index (χ2n) is 13.5. The van der Waals surface area contributed by atoms with Crippen LogP contribution in [0.5, 0.6) is 5.88 Å². The van der Waals surface area contributed by atoms with Gasteiger partial charge in [-0.2, -0.15) is 0 Å². The van der Waals surface area contributed by atoms with Crippen LogP contribution in [0.1, 0.15) is 77.5 Å². The Kier molecular flexibility index (Phi) is 9.48. The SMILES string of the molecule is COc1ncc(Nc2ncc([C@@H](C)N3CCN(C(=O)OC(C)(C)C)C[C@@H]3C)cc2-c2nc(C)nc3c2ncn3C2CCCCO2)cc1F. The topological polar surface area (TPSA) is 133 Å². The van der Waals surface area contributed by atoms with Crippen molar-refractivity contribution in [3.05, 3.63) is 48.1 Å². The van der Waals surface area contributed by atoms with Crippen molar-refractivity contribution >= 4 is 28.8 Å². The number of imidazole rings is 1. The Bertz CT molecular complexity index is 1790. The molecule has 2 aliphatic rings. The molecule has 13 nitrogen and oxygen atoms in total. The first-order valence-corrected chi connectivity index (χ1v) is 16.4. The summed E-state index contributed by atoms with van der Waals surface area (Å²) in [5, 5.41) is 3.25. The molecule has 1 amide bonds. The largest absolute Gasteiger partial charge is 0.479 e. The number of hydrogen-bond acceptors (Lipinski definition) is 11. The Morgan fingerprint density at radius 3 is 2.62 bits per heavy atom. The molecule has 0 spiro atoms. The van der Waals surface area contributed by atoms with Gasteiger partial charge in [-0.3, -0.25) is 9.47 Å². The van der Waals surface area contributed by atoms with E-state index in [0.29, 0.717) is 66.0 Å². The minimum Gasteiger partial charge on any atom is -0.479 e. The van der Waals surface area contributed by atoms with E-state index in [1.54, 1.807) is 11.2 Å². The van der Waals surface area contributed by atoms with Crippen LogP contribution in [0.15, 0.2) is 30.9 Å². The van der Waals surface area contributed by atoms with Gasteiger partial charge in [-0.1, -0.05) is 0 Å². The predicted octanol–water partition coefficient (Wildman–Crippen LogP) is 6.18. The van der Waals surface area contributed by atoms with Crippen LogP contribution < -0.4 is 10.1 Å². The van der Waals surface area contributed by atoms with Crippen LogP contribution in [-0.4, -0.2) is 90.4 Å². The van der Waals surface area contributed by atoms with Gasteiger partial charge in [0.25, 0.3) is 0 Å². The van der Waals surface area contributed by atoms with Crippen LogP contribution in [-0.2, 0) is 9.47 Å². The van der Waals surface area contributed by atoms with Crippen LogP contribution in [0.3, 0.4) is 0 Å². The third-order valence-electron chi connectivity index (χ3n) is 8.74. The maximum Gasteiger partial charge on any atom is 0.410 e. The zero-order chi connectivity index (χ0) is 34.2. The number of halogens is 1. The first-order valence-electron chi connectivity index (χ1n) is 16.4. The molecule has 2 saturated heterocycles. The van der Waals surface area contributed by atoms with Gasteiger partial charge < -0.3 is 24.4 Å². The van der Waals surface area contributed by atoms with Crippen molar-refractivity contribution < 1.29 is 23.4 Å². The third-order valence-corrected chi connectivity index (χ3v) is 8.74. The molecule has 2 fully saturated rings. The van der Waals surface area contributed by atoms with Crippen LogP contribution >= 0.6 is 0 Å². The van der Waals surface area contributed by atoms with Gasteiger partial charge in [0.15, 0.2) is 11.5 Å². The van der Waals surface area contributed by atoms with Crippen molar-refractivity contribution in [1.82, 2.24) is 39.3 Å². The van der Waals surface area contributed by atoms with E-state index >= 15 is 0 Å². The summed E-state index contributed by atoms with van der Waals surface area (Å²) in [6, 6.07) is 3.38. The molecule has 1 unspecified atom stereocenters. The number of pyridine rings is 2. The Balaban J connectivity index is 1.37. The van der Waals surface area contributed by atoms with Crippen molar-refractivity contribution in [3.63, 3.8) is 0 Å². The van der Waals surface area contributed by atoms with Gasteiger partial charge in [-0.25, -0.2) is 34.1 Å². The lowest BCUT2D eigenvalue weighted by Gasteiger charge is -2.43. The number of anilines is 2. The average molecular weight is 662 g/mol. The highest BCUT2D eigenvalue weighted by atomic mass is 19.1. The predicted molar refractivity (Wildman–Crippen MR) is 179 cm³/mol. The molecule has 6 heterocycles. The molecule has 6 rings (SSSR count). The van der Waals surface area contributed by atoms with Gasteiger partial charge in [0.05, 0.1) is 25.3 Å². The number of methoxy groups -OCH3 is 1. The molecular weight excluding hydrogens is 617 g/mol. The Morgan fingerprint density at radius 1 is 1.12 bits per heavy atom. The van der Waals surface area contributed by atoms with E-state index in [4.69, 9.17) is 34.1 Å². The molecule has 0 bridgehead atoms. The number of piperazine rings is 1. The summed E-state index contributed by atoms with van der Waals surface area (Å²) in [5.41, 5.74) is 3.37. The summed E-state index contributed by atoms with van der Waals surface area (Å²) in [5.74, 6) is 0.342. The Morgan fingerprint density at radius 2 is 1.94 bits per heavy atom. The van der Waals surface area contributed by atoms with Crippen molar-refractivity contribution in [2.75, 3.05) is 38.7 Å². The lowest BCUT2D eigenvalue weighted by molar-refractivity contribution is -0.0298. The normalized spacial score (nSPS) is 19.7. The van der Waals surface area contributed by atoms with Crippen LogP contribution in [0.4, 0.5) is 20.7 Å². The summed E-state index contributed by atoms with van der Waals surface area (Å²) >= 11 is 0. The van der Waals surface area contributed by atoms with E-state index < -0.39 is 11.4 Å². The maximum absolute atomic E-state index is 14.7. The quantitative estimate of drug-likeness (QED) is 0.243. The van der Waals surface area contributed by atoms with E-state index in [-0.39, 0.29) is 30.3 Å². The number of nitrogens with zero attached hydrogens (tertiary/aromatic N) is 8. The van der Waals surface area contributed by atoms with E-state index in [0.717, 1.165) is 24.8 Å². The molecule has 256 valence electrons. The van der Waals surface area contributed by atoms with Crippen LogP contribution in [0, 0.1) is 12.7 Å². The molecule has 3 atom stereocenters. The number of rotatable bonds is 7. The van der Waals surface area contributed by atoms with Gasteiger partial charge >= 0.3 is 6.09 Å². The third kappa shape index (κ3) is 7.04. The van der Waals surface area contributed by atoms with Gasteiger partial charge in [0, 0.05) is 56.2 Å². The average Bonchev–Trinajstić information content (AvgIpc) is 3.48. The molecular formula is C34H44FN9O4. The zero-order valence-corrected chi connectivity index (χ0v) is 28.7. The van der Waals surface area contributed by atoms with Gasteiger partial charge in [0.2, 0.25) is 5.88 Å². The number of carbonyl (C=O) groups excluding carboxylic acids is 1. The number of aromatic nitrogens is 6. The summed E-state index contributed by atoms with van der Waals surface area (Å²) < 4.78 is 33.3. The van der Waals surface area contributed by atoms with Gasteiger partial charge in [-0.15, -0.1) is 0 Å². The number of ether oxygens (including phenoxy) is 3. The molecule has 0 aliphatic carbocycles. The van der Waals surface area contributed by atoms with Gasteiger partial charge in [-0.05, 0) is 72.4 Å². The molecule has 0 saturated carbocycles. The molecule has 0 radical (unpaired) electrons. The van der Waals surface area contributed by atoms with E-state index in [1.165, 1.54) is 19.4 Å². The number of carbonyl (C=O) groups is 1. The van der Waals surface area contributed by atoms with Crippen molar-refractivity contribution in [1.29, 1.82) is 0 Å². The minimum atomic E-state index is -0.597. The minimum absolute atomic E-state index is 0.0483. The second kappa shape index (κ2) is 13.6. The summed E-state index contributed by atoms with van der Waals surface area (Å²) in [6.45, 7) is 14.2. The number of fused-ring (bicyclic) bond motifs is 1. The lowest BCUT2D eigenvalue weighted by Crippen LogP contribution is -2.54. The maximum atomic E-state index is 14.7. The molecule has 2 aliphatic heterocycles. The van der Waals surface area contributed by atoms with E-state index in [2.05, 4.69) is 35.1 Å². The number of hydrogen-bond donors (Lipinski definition) is 1. The molecule has 0 aromatic carbocycles. The van der Waals surface area contributed by atoms with Gasteiger partial charge in [0.1, 0.15) is 34.7 Å². The second-order valence-corrected chi connectivity index (χ2v) is 13.5. The molecule has 1 N–H and O–H groups in total. The standard InChI is InChI=1S/C34H44FN9O4/c1-20-18-42(33(45)48-34(4,5)6)11-12-43(20)21(2)23-14-25(30(36-16-23)41-24-15-26(35)32(46-7)37-17-24)28-29-31(40-22(3)39-28)44(19-38-29)27-10-8-9-13-47-27/h14-17,19-21,27H,8-13,18H2,1-7H3,(H,36,41)/t20-,21+,27?/m0/s1. The summed E-state index contributed by atoms with van der Waals surface area (Å²) in [7, 11) is 1.37. The smallest absolute Gasteiger partial charge is 0.410 e. The molecule has 14 heteroatoms.